The molecule has 2 aromatic carbocycles. The molecule has 2 amide bonds. The Labute approximate surface area is 217 Å². The third kappa shape index (κ3) is 7.04. The molecule has 1 N–H and O–H groups in total. The first-order valence-electron chi connectivity index (χ1n) is 12.3. The van der Waals surface area contributed by atoms with Gasteiger partial charge in [-0.2, -0.15) is 12.7 Å². The minimum absolute atomic E-state index is 0.0216. The third-order valence-electron chi connectivity index (χ3n) is 6.49. The number of anilines is 1. The van der Waals surface area contributed by atoms with Gasteiger partial charge in [0.25, 0.3) is 0 Å². The van der Waals surface area contributed by atoms with Crippen LogP contribution in [0, 0.1) is 11.6 Å². The first kappa shape index (κ1) is 28.5. The number of nitrogens with zero attached hydrogens (tertiary/aromatic N) is 3. The highest BCUT2D eigenvalue weighted by Crippen LogP contribution is 2.24. The van der Waals surface area contributed by atoms with Crippen LogP contribution in [0.5, 0.6) is 0 Å². The van der Waals surface area contributed by atoms with E-state index in [2.05, 4.69) is 5.32 Å². The monoisotopic (exact) mass is 536 g/mol. The summed E-state index contributed by atoms with van der Waals surface area (Å²) in [4.78, 5) is 28.3. The van der Waals surface area contributed by atoms with Crippen LogP contribution in [0.25, 0.3) is 0 Å². The number of benzene rings is 2. The second-order valence-electron chi connectivity index (χ2n) is 9.31. The van der Waals surface area contributed by atoms with Gasteiger partial charge in [-0.25, -0.2) is 13.1 Å². The Bertz CT molecular complexity index is 1190. The van der Waals surface area contributed by atoms with Gasteiger partial charge in [-0.15, -0.1) is 0 Å². The van der Waals surface area contributed by atoms with E-state index in [-0.39, 0.29) is 30.6 Å². The maximum atomic E-state index is 14.7. The summed E-state index contributed by atoms with van der Waals surface area (Å²) in [6.07, 6.45) is 4.01. The van der Waals surface area contributed by atoms with Crippen molar-refractivity contribution >= 4 is 27.7 Å². The fourth-order valence-electron chi connectivity index (χ4n) is 4.43. The Morgan fingerprint density at radius 1 is 1.03 bits per heavy atom. The molecule has 0 spiro atoms. The number of rotatable bonds is 11. The highest BCUT2D eigenvalue weighted by molar-refractivity contribution is 7.90. The standard InChI is InChI=1S/C26H34F2N4O4S/c1-4-23(26(34)29-21-9-5-6-10-21)31(17-19-13-15-20(27)16-14-19)25(33)18-32(37(35,36)30(2)3)24-12-8-7-11-22(24)28/h7-8,11-16,21,23H,4-6,9-10,17-18H2,1-3H3,(H,29,34). The molecule has 8 nitrogen and oxygen atoms in total. The van der Waals surface area contributed by atoms with Crippen molar-refractivity contribution in [2.75, 3.05) is 24.9 Å². The molecule has 0 aliphatic heterocycles. The van der Waals surface area contributed by atoms with Crippen LogP contribution in [0.15, 0.2) is 48.5 Å². The van der Waals surface area contributed by atoms with Gasteiger partial charge < -0.3 is 10.2 Å². The molecule has 1 saturated carbocycles. The molecule has 37 heavy (non-hydrogen) atoms. The Kier molecular flexibility index (Phi) is 9.61. The average Bonchev–Trinajstić information content (AvgIpc) is 3.37. The SMILES string of the molecule is CCC(C(=O)NC1CCCC1)N(Cc1ccc(F)cc1)C(=O)CN(c1ccccc1F)S(=O)(=O)N(C)C. The zero-order valence-electron chi connectivity index (χ0n) is 21.4. The van der Waals surface area contributed by atoms with Crippen LogP contribution < -0.4 is 9.62 Å². The summed E-state index contributed by atoms with van der Waals surface area (Å²) in [6.45, 7) is 0.980. The van der Waals surface area contributed by atoms with Gasteiger partial charge in [0.1, 0.15) is 24.2 Å². The topological polar surface area (TPSA) is 90.0 Å². The molecule has 1 unspecified atom stereocenters. The summed E-state index contributed by atoms with van der Waals surface area (Å²) in [5, 5.41) is 3.01. The van der Waals surface area contributed by atoms with Gasteiger partial charge >= 0.3 is 10.2 Å². The number of hydrogen-bond acceptors (Lipinski definition) is 4. The van der Waals surface area contributed by atoms with Crippen molar-refractivity contribution in [1.29, 1.82) is 0 Å². The van der Waals surface area contributed by atoms with Gasteiger partial charge in [-0.3, -0.25) is 9.59 Å². The van der Waals surface area contributed by atoms with Crippen molar-refractivity contribution in [2.24, 2.45) is 0 Å². The second kappa shape index (κ2) is 12.5. The van der Waals surface area contributed by atoms with Crippen LogP contribution in [-0.4, -0.2) is 62.2 Å². The zero-order chi connectivity index (χ0) is 27.2. The molecule has 11 heteroatoms. The Balaban J connectivity index is 1.97. The smallest absolute Gasteiger partial charge is 0.304 e. The lowest BCUT2D eigenvalue weighted by atomic mass is 10.1. The van der Waals surface area contributed by atoms with Crippen LogP contribution in [0.2, 0.25) is 0 Å². The van der Waals surface area contributed by atoms with Crippen molar-refractivity contribution in [3.63, 3.8) is 0 Å². The number of carbonyl (C=O) groups is 2. The maximum Gasteiger partial charge on any atom is 0.304 e. The van der Waals surface area contributed by atoms with Gasteiger partial charge in [-0.1, -0.05) is 44.0 Å². The molecule has 0 bridgehead atoms. The van der Waals surface area contributed by atoms with Crippen molar-refractivity contribution in [1.82, 2.24) is 14.5 Å². The van der Waals surface area contributed by atoms with E-state index in [1.807, 2.05) is 0 Å². The number of halogens is 2. The number of carbonyl (C=O) groups excluding carboxylic acids is 2. The molecule has 1 fully saturated rings. The molecule has 1 aliphatic rings. The first-order valence-corrected chi connectivity index (χ1v) is 13.7. The molecular weight excluding hydrogens is 502 g/mol. The third-order valence-corrected chi connectivity index (χ3v) is 8.30. The van der Waals surface area contributed by atoms with Gasteiger partial charge in [0.2, 0.25) is 11.8 Å². The Morgan fingerprint density at radius 2 is 1.65 bits per heavy atom. The minimum atomic E-state index is -4.26. The minimum Gasteiger partial charge on any atom is -0.352 e. The predicted octanol–water partition coefficient (Wildman–Crippen LogP) is 3.44. The van der Waals surface area contributed by atoms with Crippen LogP contribution in [0.3, 0.4) is 0 Å². The number of hydrogen-bond donors (Lipinski definition) is 1. The van der Waals surface area contributed by atoms with Crippen molar-refractivity contribution in [3.8, 4) is 0 Å². The van der Waals surface area contributed by atoms with E-state index in [0.29, 0.717) is 9.87 Å². The van der Waals surface area contributed by atoms with E-state index in [0.717, 1.165) is 36.1 Å². The van der Waals surface area contributed by atoms with Crippen LogP contribution >= 0.6 is 0 Å². The molecular formula is C26H34F2N4O4S. The number of nitrogens with one attached hydrogen (secondary N) is 1. The quantitative estimate of drug-likeness (QED) is 0.477. The van der Waals surface area contributed by atoms with E-state index in [9.17, 15) is 26.8 Å². The maximum absolute atomic E-state index is 14.7. The van der Waals surface area contributed by atoms with E-state index in [1.54, 1.807) is 6.92 Å². The molecule has 0 radical (unpaired) electrons. The lowest BCUT2D eigenvalue weighted by molar-refractivity contribution is -0.140. The number of amides is 2. The predicted molar refractivity (Wildman–Crippen MR) is 138 cm³/mol. The lowest BCUT2D eigenvalue weighted by Crippen LogP contribution is -2.54. The normalized spacial score (nSPS) is 15.0. The summed E-state index contributed by atoms with van der Waals surface area (Å²) in [6, 6.07) is 9.90. The molecule has 2 aromatic rings. The van der Waals surface area contributed by atoms with Gasteiger partial charge in [0.05, 0.1) is 5.69 Å². The lowest BCUT2D eigenvalue weighted by Gasteiger charge is -2.34. The van der Waals surface area contributed by atoms with Crippen LogP contribution in [0.4, 0.5) is 14.5 Å². The van der Waals surface area contributed by atoms with E-state index in [4.69, 9.17) is 0 Å². The van der Waals surface area contributed by atoms with E-state index < -0.39 is 40.3 Å². The highest BCUT2D eigenvalue weighted by Gasteiger charge is 2.35. The molecule has 1 atom stereocenters. The molecule has 1 aliphatic carbocycles. The summed E-state index contributed by atoms with van der Waals surface area (Å²) in [5.41, 5.74) is 0.282. The molecule has 202 valence electrons. The van der Waals surface area contributed by atoms with Crippen molar-refractivity contribution < 1.29 is 26.8 Å². The largest absolute Gasteiger partial charge is 0.352 e. The molecule has 3 rings (SSSR count). The summed E-state index contributed by atoms with van der Waals surface area (Å²) in [5.74, 6) is -2.28. The zero-order valence-corrected chi connectivity index (χ0v) is 22.2. The fraction of sp³-hybridized carbons (Fsp3) is 0.462. The molecule has 0 heterocycles. The van der Waals surface area contributed by atoms with E-state index in [1.165, 1.54) is 61.5 Å². The van der Waals surface area contributed by atoms with Gasteiger partial charge in [0, 0.05) is 26.7 Å². The van der Waals surface area contributed by atoms with Crippen LogP contribution in [0.1, 0.15) is 44.6 Å². The van der Waals surface area contributed by atoms with E-state index >= 15 is 0 Å². The first-order chi connectivity index (χ1) is 17.5. The summed E-state index contributed by atoms with van der Waals surface area (Å²) >= 11 is 0. The fourth-order valence-corrected chi connectivity index (χ4v) is 5.49. The van der Waals surface area contributed by atoms with Crippen molar-refractivity contribution in [2.45, 2.75) is 57.7 Å². The Morgan fingerprint density at radius 3 is 2.22 bits per heavy atom. The Hall–Kier alpha value is -3.05. The average molecular weight is 537 g/mol. The van der Waals surface area contributed by atoms with Gasteiger partial charge in [-0.05, 0) is 49.1 Å². The van der Waals surface area contributed by atoms with Gasteiger partial charge in [0.15, 0.2) is 0 Å². The summed E-state index contributed by atoms with van der Waals surface area (Å²) in [7, 11) is -1.69. The molecule has 0 saturated heterocycles. The van der Waals surface area contributed by atoms with Crippen LogP contribution in [-0.2, 0) is 26.3 Å². The second-order valence-corrected chi connectivity index (χ2v) is 11.4. The number of para-hydroxylation sites is 1. The molecule has 0 aromatic heterocycles. The summed E-state index contributed by atoms with van der Waals surface area (Å²) < 4.78 is 56.1. The van der Waals surface area contributed by atoms with Crippen molar-refractivity contribution in [3.05, 3.63) is 65.7 Å². The highest BCUT2D eigenvalue weighted by atomic mass is 32.2.